The SMILES string of the molecule is CCn1cc(C(=O)NC[C@H]2[C@H]3C[C@H](CN(c4nncs4)C3)[C@@H]3CCCC(=O)N32)cn1. The van der Waals surface area contributed by atoms with Crippen molar-refractivity contribution in [3.8, 4) is 0 Å². The van der Waals surface area contributed by atoms with Gasteiger partial charge in [0, 0.05) is 44.8 Å². The van der Waals surface area contributed by atoms with Crippen molar-refractivity contribution in [2.75, 3.05) is 24.5 Å². The maximum Gasteiger partial charge on any atom is 0.254 e. The number of fused-ring (bicyclic) bond motifs is 4. The highest BCUT2D eigenvalue weighted by atomic mass is 32.1. The topological polar surface area (TPSA) is 96.2 Å². The number of amides is 2. The predicted molar refractivity (Wildman–Crippen MR) is 112 cm³/mol. The third kappa shape index (κ3) is 3.46. The minimum atomic E-state index is -0.130. The molecular formula is C20H27N7O2S. The van der Waals surface area contributed by atoms with Gasteiger partial charge in [0.1, 0.15) is 5.51 Å². The first-order chi connectivity index (χ1) is 14.6. The van der Waals surface area contributed by atoms with E-state index in [2.05, 4.69) is 30.4 Å². The van der Waals surface area contributed by atoms with Crippen LogP contribution in [-0.4, -0.2) is 68.4 Å². The molecule has 0 aromatic carbocycles. The minimum Gasteiger partial charge on any atom is -0.350 e. The summed E-state index contributed by atoms with van der Waals surface area (Å²) in [6.07, 6.45) is 7.07. The van der Waals surface area contributed by atoms with E-state index in [0.717, 1.165) is 44.0 Å². The van der Waals surface area contributed by atoms with Gasteiger partial charge in [-0.05, 0) is 38.0 Å². The van der Waals surface area contributed by atoms with Gasteiger partial charge in [-0.25, -0.2) is 0 Å². The van der Waals surface area contributed by atoms with Gasteiger partial charge in [-0.2, -0.15) is 5.10 Å². The maximum absolute atomic E-state index is 12.9. The van der Waals surface area contributed by atoms with E-state index in [4.69, 9.17) is 0 Å². The average molecular weight is 430 g/mol. The van der Waals surface area contributed by atoms with E-state index < -0.39 is 0 Å². The summed E-state index contributed by atoms with van der Waals surface area (Å²) in [6, 6.07) is 0.267. The molecule has 3 fully saturated rings. The van der Waals surface area contributed by atoms with Gasteiger partial charge in [0.25, 0.3) is 5.91 Å². The van der Waals surface area contributed by atoms with Gasteiger partial charge in [-0.15, -0.1) is 10.2 Å². The Bertz CT molecular complexity index is 914. The molecule has 30 heavy (non-hydrogen) atoms. The van der Waals surface area contributed by atoms with Crippen LogP contribution in [0, 0.1) is 11.8 Å². The molecule has 1 N–H and O–H groups in total. The van der Waals surface area contributed by atoms with E-state index in [1.807, 2.05) is 6.92 Å². The quantitative estimate of drug-likeness (QED) is 0.772. The van der Waals surface area contributed by atoms with Crippen molar-refractivity contribution in [2.24, 2.45) is 11.8 Å². The van der Waals surface area contributed by atoms with Crippen molar-refractivity contribution in [3.63, 3.8) is 0 Å². The molecule has 160 valence electrons. The molecule has 2 bridgehead atoms. The number of rotatable bonds is 5. The van der Waals surface area contributed by atoms with Crippen LogP contribution in [0.3, 0.4) is 0 Å². The lowest BCUT2D eigenvalue weighted by atomic mass is 9.72. The summed E-state index contributed by atoms with van der Waals surface area (Å²) >= 11 is 1.56. The zero-order chi connectivity index (χ0) is 20.7. The molecule has 9 nitrogen and oxygen atoms in total. The Balaban J connectivity index is 1.35. The Morgan fingerprint density at radius 3 is 2.97 bits per heavy atom. The first-order valence-electron chi connectivity index (χ1n) is 10.8. The normalized spacial score (nSPS) is 28.4. The second kappa shape index (κ2) is 7.98. The number of carbonyl (C=O) groups is 2. The number of aryl methyl sites for hydroxylation is 1. The van der Waals surface area contributed by atoms with Gasteiger partial charge >= 0.3 is 0 Å². The van der Waals surface area contributed by atoms with Crippen molar-refractivity contribution >= 4 is 28.3 Å². The Morgan fingerprint density at radius 1 is 1.33 bits per heavy atom. The molecule has 0 unspecified atom stereocenters. The van der Waals surface area contributed by atoms with Crippen molar-refractivity contribution < 1.29 is 9.59 Å². The lowest BCUT2D eigenvalue weighted by Crippen LogP contribution is -2.67. The fourth-order valence-electron chi connectivity index (χ4n) is 5.45. The van der Waals surface area contributed by atoms with Gasteiger partial charge in [0.15, 0.2) is 0 Å². The number of nitrogens with one attached hydrogen (secondary N) is 1. The Labute approximate surface area is 179 Å². The summed E-state index contributed by atoms with van der Waals surface area (Å²) < 4.78 is 1.74. The number of piperidine rings is 3. The number of anilines is 1. The molecule has 2 aromatic rings. The van der Waals surface area contributed by atoms with Crippen LogP contribution in [0.1, 0.15) is 43.0 Å². The third-order valence-electron chi connectivity index (χ3n) is 6.81. The zero-order valence-corrected chi connectivity index (χ0v) is 17.9. The Hall–Kier alpha value is -2.49. The van der Waals surface area contributed by atoms with Crippen LogP contribution in [0.4, 0.5) is 5.13 Å². The van der Waals surface area contributed by atoms with E-state index in [-0.39, 0.29) is 23.9 Å². The molecule has 0 saturated carbocycles. The van der Waals surface area contributed by atoms with E-state index >= 15 is 0 Å². The van der Waals surface area contributed by atoms with Crippen LogP contribution >= 0.6 is 11.3 Å². The molecule has 0 spiro atoms. The average Bonchev–Trinajstić information content (AvgIpc) is 3.46. The summed E-state index contributed by atoms with van der Waals surface area (Å²) in [7, 11) is 0. The largest absolute Gasteiger partial charge is 0.350 e. The summed E-state index contributed by atoms with van der Waals surface area (Å²) in [4.78, 5) is 30.0. The number of hydrogen-bond donors (Lipinski definition) is 1. The molecule has 5 heterocycles. The number of carbonyl (C=O) groups excluding carboxylic acids is 2. The number of aromatic nitrogens is 4. The van der Waals surface area contributed by atoms with Gasteiger partial charge < -0.3 is 15.1 Å². The van der Waals surface area contributed by atoms with Crippen molar-refractivity contribution in [1.82, 2.24) is 30.2 Å². The van der Waals surface area contributed by atoms with Crippen LogP contribution in [0.25, 0.3) is 0 Å². The molecule has 3 aliphatic heterocycles. The van der Waals surface area contributed by atoms with Gasteiger partial charge in [0.05, 0.1) is 17.8 Å². The zero-order valence-electron chi connectivity index (χ0n) is 17.1. The molecular weight excluding hydrogens is 402 g/mol. The van der Waals surface area contributed by atoms with E-state index in [1.165, 1.54) is 0 Å². The van der Waals surface area contributed by atoms with E-state index in [1.54, 1.807) is 33.9 Å². The Morgan fingerprint density at radius 2 is 2.20 bits per heavy atom. The summed E-state index contributed by atoms with van der Waals surface area (Å²) in [6.45, 7) is 4.96. The predicted octanol–water partition coefficient (Wildman–Crippen LogP) is 1.39. The van der Waals surface area contributed by atoms with Crippen molar-refractivity contribution in [2.45, 2.75) is 51.2 Å². The minimum absolute atomic E-state index is 0.0138. The third-order valence-corrected chi connectivity index (χ3v) is 7.56. The highest BCUT2D eigenvalue weighted by Crippen LogP contribution is 2.42. The molecule has 3 aliphatic rings. The fourth-order valence-corrected chi connectivity index (χ4v) is 6.03. The summed E-state index contributed by atoms with van der Waals surface area (Å²) in [5.41, 5.74) is 2.33. The molecule has 0 radical (unpaired) electrons. The van der Waals surface area contributed by atoms with Crippen LogP contribution in [-0.2, 0) is 11.3 Å². The molecule has 5 rings (SSSR count). The molecule has 0 aliphatic carbocycles. The smallest absolute Gasteiger partial charge is 0.254 e. The van der Waals surface area contributed by atoms with E-state index in [9.17, 15) is 9.59 Å². The Kier molecular flexibility index (Phi) is 5.18. The maximum atomic E-state index is 12.9. The van der Waals surface area contributed by atoms with Gasteiger partial charge in [-0.3, -0.25) is 14.3 Å². The summed E-state index contributed by atoms with van der Waals surface area (Å²) in [5.74, 6) is 0.870. The number of nitrogens with zero attached hydrogens (tertiary/aromatic N) is 6. The first kappa shape index (κ1) is 19.5. The van der Waals surface area contributed by atoms with Crippen LogP contribution in [0.15, 0.2) is 17.9 Å². The van der Waals surface area contributed by atoms with Crippen LogP contribution in [0.2, 0.25) is 0 Å². The number of hydrogen-bond acceptors (Lipinski definition) is 7. The molecule has 3 saturated heterocycles. The first-order valence-corrected chi connectivity index (χ1v) is 11.6. The highest BCUT2D eigenvalue weighted by Gasteiger charge is 2.49. The van der Waals surface area contributed by atoms with Gasteiger partial charge in [-0.1, -0.05) is 11.3 Å². The molecule has 10 heteroatoms. The monoisotopic (exact) mass is 429 g/mol. The summed E-state index contributed by atoms with van der Waals surface area (Å²) in [5, 5.41) is 16.5. The molecule has 4 atom stereocenters. The molecule has 2 amide bonds. The van der Waals surface area contributed by atoms with E-state index in [0.29, 0.717) is 30.4 Å². The van der Waals surface area contributed by atoms with Crippen molar-refractivity contribution in [1.29, 1.82) is 0 Å². The van der Waals surface area contributed by atoms with Crippen molar-refractivity contribution in [3.05, 3.63) is 23.5 Å². The fraction of sp³-hybridized carbons (Fsp3) is 0.650. The standard InChI is InChI=1S/C20H27N7O2S/c1-2-26-11-15(7-23-26)19(29)21-8-17-14-6-13(16-4-3-5-18(28)27(16)17)9-25(10-14)20-24-22-12-30-20/h7,11-14,16-17H,2-6,8-10H2,1H3,(H,21,29)/t13-,14+,16+,17+/m1/s1. The highest BCUT2D eigenvalue weighted by molar-refractivity contribution is 7.13. The second-order valence-electron chi connectivity index (χ2n) is 8.50. The van der Waals surface area contributed by atoms with Gasteiger partial charge in [0.2, 0.25) is 11.0 Å². The second-order valence-corrected chi connectivity index (χ2v) is 9.32. The molecule has 2 aromatic heterocycles. The lowest BCUT2D eigenvalue weighted by molar-refractivity contribution is -0.148. The van der Waals surface area contributed by atoms with Crippen LogP contribution < -0.4 is 10.2 Å². The lowest BCUT2D eigenvalue weighted by Gasteiger charge is -2.56. The van der Waals surface area contributed by atoms with Crippen LogP contribution in [0.5, 0.6) is 0 Å².